The topological polar surface area (TPSA) is 80.3 Å². The quantitative estimate of drug-likeness (QED) is 0.465. The molecule has 0 unspecified atom stereocenters. The first-order valence-corrected chi connectivity index (χ1v) is 6.14. The number of carboxylic acids is 2. The average Bonchev–Trinajstić information content (AvgIpc) is 2.27. The van der Waals surface area contributed by atoms with E-state index in [0.29, 0.717) is 12.2 Å². The molecule has 0 aliphatic heterocycles. The predicted octanol–water partition coefficient (Wildman–Crippen LogP) is 0.799. The largest absolute Gasteiger partial charge is 0.545 e. The number of hydrogen-bond donors (Lipinski definition) is 0. The summed E-state index contributed by atoms with van der Waals surface area (Å²) in [5, 5.41) is 18.8. The molecule has 0 N–H and O–H groups in total. The molecule has 0 atom stereocenters. The smallest absolute Gasteiger partial charge is 0.0643 e. The summed E-state index contributed by atoms with van der Waals surface area (Å²) in [4.78, 5) is 18.8. The van der Waals surface area contributed by atoms with Gasteiger partial charge < -0.3 is 19.8 Å². The molecule has 0 aliphatic rings. The normalized spacial score (nSPS) is 9.76. The van der Waals surface area contributed by atoms with Crippen LogP contribution in [0.25, 0.3) is 0 Å². The van der Waals surface area contributed by atoms with Gasteiger partial charge in [0, 0.05) is 0 Å². The second-order valence-corrected chi connectivity index (χ2v) is 3.74. The van der Waals surface area contributed by atoms with Crippen molar-refractivity contribution in [3.63, 3.8) is 0 Å². The predicted molar refractivity (Wildman–Crippen MR) is 62.8 cm³/mol. The molecule has 0 bridgehead atoms. The molecule has 0 spiro atoms. The molecule has 4 nitrogen and oxygen atoms in total. The van der Waals surface area contributed by atoms with Crippen LogP contribution >= 0.6 is 0 Å². The average molecular weight is 242 g/mol. The first-order chi connectivity index (χ1) is 8.04. The molecule has 0 aliphatic carbocycles. The van der Waals surface area contributed by atoms with Gasteiger partial charge in [0.2, 0.25) is 0 Å². The summed E-state index contributed by atoms with van der Waals surface area (Å²) in [6, 6.07) is 0. The van der Waals surface area contributed by atoms with Gasteiger partial charge in [-0.1, -0.05) is 58.8 Å². The molecule has 100 valence electrons. The van der Waals surface area contributed by atoms with E-state index in [9.17, 15) is 19.8 Å². The fraction of sp³-hybridized carbons (Fsp3) is 0.692. The van der Waals surface area contributed by atoms with Gasteiger partial charge in [0.1, 0.15) is 0 Å². The molecule has 0 amide bonds. The number of carbonyl (C=O) groups is 2. The second-order valence-electron chi connectivity index (χ2n) is 3.74. The van der Waals surface area contributed by atoms with Crippen LogP contribution in [0.2, 0.25) is 0 Å². The van der Waals surface area contributed by atoms with E-state index in [2.05, 4.69) is 13.8 Å². The maximum atomic E-state index is 9.41. The van der Waals surface area contributed by atoms with Crippen LogP contribution in [-0.2, 0) is 9.59 Å². The van der Waals surface area contributed by atoms with E-state index in [4.69, 9.17) is 0 Å². The van der Waals surface area contributed by atoms with Gasteiger partial charge in [0.05, 0.1) is 11.9 Å². The van der Waals surface area contributed by atoms with Crippen molar-refractivity contribution in [2.45, 2.75) is 58.8 Å². The van der Waals surface area contributed by atoms with Crippen molar-refractivity contribution in [3.05, 3.63) is 12.2 Å². The molecular formula is C13H22O4-2. The number of rotatable bonds is 8. The number of hydrogen-bond acceptors (Lipinski definition) is 4. The van der Waals surface area contributed by atoms with Crippen LogP contribution in [-0.4, -0.2) is 11.9 Å². The lowest BCUT2D eigenvalue weighted by Crippen LogP contribution is -2.23. The summed E-state index contributed by atoms with van der Waals surface area (Å²) in [7, 11) is 0. The Morgan fingerprint density at radius 2 is 1.06 bits per heavy atom. The third-order valence-electron chi connectivity index (χ3n) is 2.06. The van der Waals surface area contributed by atoms with Crippen LogP contribution in [0.5, 0.6) is 0 Å². The van der Waals surface area contributed by atoms with Crippen molar-refractivity contribution >= 4 is 11.9 Å². The molecule has 0 aromatic rings. The van der Waals surface area contributed by atoms with Crippen LogP contribution in [0.4, 0.5) is 0 Å². The van der Waals surface area contributed by atoms with E-state index in [-0.39, 0.29) is 0 Å². The first kappa shape index (κ1) is 18.1. The standard InChI is InChI=1S/C9H20.C4H4O4/c1-3-5-7-9-8-6-4-2;5-3(6)1-2-4(7)8/h3-9H2,1-2H3;1-2H,(H,5,6)(H,7,8)/p-2/b;2-1+. The van der Waals surface area contributed by atoms with Gasteiger partial charge in [-0.05, 0) is 12.2 Å². The third-order valence-corrected chi connectivity index (χ3v) is 2.06. The minimum atomic E-state index is -1.55. The minimum absolute atomic E-state index is 0.384. The van der Waals surface area contributed by atoms with Crippen molar-refractivity contribution in [1.29, 1.82) is 0 Å². The molecule has 4 heteroatoms. The Morgan fingerprint density at radius 3 is 1.29 bits per heavy atom. The summed E-state index contributed by atoms with van der Waals surface area (Å²) >= 11 is 0. The van der Waals surface area contributed by atoms with Crippen LogP contribution in [0.3, 0.4) is 0 Å². The molecule has 0 saturated heterocycles. The highest BCUT2D eigenvalue weighted by molar-refractivity contribution is 5.87. The highest BCUT2D eigenvalue weighted by Gasteiger charge is 1.85. The Morgan fingerprint density at radius 1 is 0.765 bits per heavy atom. The summed E-state index contributed by atoms with van der Waals surface area (Å²) in [6.45, 7) is 4.53. The Kier molecular flexibility index (Phi) is 15.6. The molecule has 0 fully saturated rings. The van der Waals surface area contributed by atoms with Gasteiger partial charge in [-0.15, -0.1) is 0 Å². The molecular weight excluding hydrogens is 220 g/mol. The molecule has 17 heavy (non-hydrogen) atoms. The molecule has 0 aromatic heterocycles. The van der Waals surface area contributed by atoms with E-state index in [1.807, 2.05) is 0 Å². The van der Waals surface area contributed by atoms with Crippen LogP contribution in [0, 0.1) is 0 Å². The number of carbonyl (C=O) groups excluding carboxylic acids is 2. The second kappa shape index (κ2) is 14.7. The zero-order chi connectivity index (χ0) is 13.5. The Bertz CT molecular complexity index is 199. The summed E-state index contributed by atoms with van der Waals surface area (Å²) < 4.78 is 0. The summed E-state index contributed by atoms with van der Waals surface area (Å²) in [5.74, 6) is -3.09. The van der Waals surface area contributed by atoms with E-state index in [1.165, 1.54) is 44.9 Å². The number of aliphatic carboxylic acids is 2. The monoisotopic (exact) mass is 242 g/mol. The lowest BCUT2D eigenvalue weighted by atomic mass is 10.1. The van der Waals surface area contributed by atoms with Gasteiger partial charge in [-0.3, -0.25) is 0 Å². The van der Waals surface area contributed by atoms with E-state index in [0.717, 1.165) is 0 Å². The molecule has 0 radical (unpaired) electrons. The van der Waals surface area contributed by atoms with Gasteiger partial charge in [-0.2, -0.15) is 0 Å². The van der Waals surface area contributed by atoms with Gasteiger partial charge in [0.25, 0.3) is 0 Å². The molecule has 0 aromatic carbocycles. The van der Waals surface area contributed by atoms with Crippen molar-refractivity contribution in [1.82, 2.24) is 0 Å². The maximum absolute atomic E-state index is 9.41. The maximum Gasteiger partial charge on any atom is 0.0643 e. The van der Waals surface area contributed by atoms with Gasteiger partial charge in [-0.25, -0.2) is 0 Å². The first-order valence-electron chi connectivity index (χ1n) is 6.14. The Labute approximate surface area is 103 Å². The van der Waals surface area contributed by atoms with Crippen molar-refractivity contribution in [2.24, 2.45) is 0 Å². The number of unbranched alkanes of at least 4 members (excludes halogenated alkanes) is 6. The van der Waals surface area contributed by atoms with Crippen molar-refractivity contribution in [3.8, 4) is 0 Å². The Balaban J connectivity index is 0. The van der Waals surface area contributed by atoms with Crippen molar-refractivity contribution in [2.75, 3.05) is 0 Å². The molecule has 0 rings (SSSR count). The fourth-order valence-corrected chi connectivity index (χ4v) is 1.17. The van der Waals surface area contributed by atoms with E-state index < -0.39 is 11.9 Å². The highest BCUT2D eigenvalue weighted by atomic mass is 16.4. The molecule has 0 heterocycles. The zero-order valence-corrected chi connectivity index (χ0v) is 10.7. The fourth-order valence-electron chi connectivity index (χ4n) is 1.17. The SMILES string of the molecule is CCCCCCCCC.O=C([O-])/C=C/C(=O)[O-]. The zero-order valence-electron chi connectivity index (χ0n) is 10.7. The van der Waals surface area contributed by atoms with Gasteiger partial charge >= 0.3 is 0 Å². The number of carboxylic acid groups (broad SMARTS) is 2. The summed E-state index contributed by atoms with van der Waals surface area (Å²) in [5.41, 5.74) is 0. The van der Waals surface area contributed by atoms with Gasteiger partial charge in [0.15, 0.2) is 0 Å². The minimum Gasteiger partial charge on any atom is -0.545 e. The van der Waals surface area contributed by atoms with E-state index in [1.54, 1.807) is 0 Å². The van der Waals surface area contributed by atoms with Crippen LogP contribution in [0.1, 0.15) is 58.8 Å². The lowest BCUT2D eigenvalue weighted by molar-refractivity contribution is -0.301. The third kappa shape index (κ3) is 25.2. The molecule has 0 saturated carbocycles. The Hall–Kier alpha value is -1.32. The summed E-state index contributed by atoms with van der Waals surface area (Å²) in [6.07, 6.45) is 10.7. The van der Waals surface area contributed by atoms with Crippen molar-refractivity contribution < 1.29 is 19.8 Å². The van der Waals surface area contributed by atoms with Crippen LogP contribution < -0.4 is 10.2 Å². The van der Waals surface area contributed by atoms with E-state index >= 15 is 0 Å². The lowest BCUT2D eigenvalue weighted by Gasteiger charge is -1.96. The highest BCUT2D eigenvalue weighted by Crippen LogP contribution is 2.05. The van der Waals surface area contributed by atoms with Crippen LogP contribution in [0.15, 0.2) is 12.2 Å².